The van der Waals surface area contributed by atoms with Crippen molar-refractivity contribution in [3.8, 4) is 0 Å². The van der Waals surface area contributed by atoms with Gasteiger partial charge in [0, 0.05) is 4.88 Å². The molecule has 0 aliphatic rings. The molecule has 1 heterocycles. The van der Waals surface area contributed by atoms with E-state index in [0.717, 1.165) is 4.88 Å². The van der Waals surface area contributed by atoms with Gasteiger partial charge in [-0.15, -0.1) is 11.3 Å². The monoisotopic (exact) mass is 288 g/mol. The van der Waals surface area contributed by atoms with Crippen LogP contribution in [0.4, 0.5) is 13.2 Å². The van der Waals surface area contributed by atoms with E-state index in [0.29, 0.717) is 0 Å². The molecule has 0 amide bonds. The standard InChI is InChI=1S/C8H8BrF3OS/c9-7(8(10,11)12)5-13-4-6-2-1-3-14-6/h1-3,7H,4-5H2. The summed E-state index contributed by atoms with van der Waals surface area (Å²) in [7, 11) is 0. The summed E-state index contributed by atoms with van der Waals surface area (Å²) in [4.78, 5) is -0.665. The largest absolute Gasteiger partial charge is 0.403 e. The molecule has 1 aromatic rings. The first-order chi connectivity index (χ1) is 6.50. The summed E-state index contributed by atoms with van der Waals surface area (Å²) in [5, 5.41) is 1.86. The van der Waals surface area contributed by atoms with E-state index in [1.807, 2.05) is 17.5 Å². The molecule has 0 spiro atoms. The van der Waals surface area contributed by atoms with Gasteiger partial charge in [0.2, 0.25) is 0 Å². The van der Waals surface area contributed by atoms with Gasteiger partial charge < -0.3 is 4.74 Å². The Morgan fingerprint density at radius 2 is 2.21 bits per heavy atom. The summed E-state index contributed by atoms with van der Waals surface area (Å²) in [5.74, 6) is 0. The van der Waals surface area contributed by atoms with Crippen molar-refractivity contribution in [1.82, 2.24) is 0 Å². The van der Waals surface area contributed by atoms with Crippen molar-refractivity contribution in [1.29, 1.82) is 0 Å². The van der Waals surface area contributed by atoms with Crippen molar-refractivity contribution in [3.63, 3.8) is 0 Å². The number of hydrogen-bond donors (Lipinski definition) is 0. The van der Waals surface area contributed by atoms with Crippen molar-refractivity contribution in [2.75, 3.05) is 6.61 Å². The van der Waals surface area contributed by atoms with Gasteiger partial charge in [-0.1, -0.05) is 22.0 Å². The number of thiophene rings is 1. The highest BCUT2D eigenvalue weighted by Gasteiger charge is 2.37. The Morgan fingerprint density at radius 1 is 1.50 bits per heavy atom. The van der Waals surface area contributed by atoms with Crippen LogP contribution in [-0.2, 0) is 11.3 Å². The van der Waals surface area contributed by atoms with E-state index >= 15 is 0 Å². The van der Waals surface area contributed by atoms with E-state index in [1.165, 1.54) is 11.3 Å². The summed E-state index contributed by atoms with van der Waals surface area (Å²) < 4.78 is 40.9. The van der Waals surface area contributed by atoms with E-state index in [1.54, 1.807) is 0 Å². The number of alkyl halides is 4. The molecule has 0 radical (unpaired) electrons. The second-order valence-electron chi connectivity index (χ2n) is 2.60. The van der Waals surface area contributed by atoms with Crippen molar-refractivity contribution in [2.45, 2.75) is 17.6 Å². The number of ether oxygens (including phenoxy) is 1. The third-order valence-corrected chi connectivity index (χ3v) is 3.08. The predicted octanol–water partition coefficient (Wildman–Crippen LogP) is 3.59. The van der Waals surface area contributed by atoms with Crippen LogP contribution in [0.25, 0.3) is 0 Å². The van der Waals surface area contributed by atoms with Crippen LogP contribution in [0.1, 0.15) is 4.88 Å². The van der Waals surface area contributed by atoms with Crippen LogP contribution in [0.5, 0.6) is 0 Å². The molecule has 0 fully saturated rings. The summed E-state index contributed by atoms with van der Waals surface area (Å²) in [5.41, 5.74) is 0. The lowest BCUT2D eigenvalue weighted by Gasteiger charge is -2.13. The van der Waals surface area contributed by atoms with Gasteiger partial charge in [0.1, 0.15) is 4.83 Å². The molecule has 0 aromatic carbocycles. The Hall–Kier alpha value is -0.0700. The molecule has 1 aromatic heterocycles. The SMILES string of the molecule is FC(F)(F)C(Br)COCc1cccs1. The minimum absolute atomic E-state index is 0.232. The van der Waals surface area contributed by atoms with Crippen molar-refractivity contribution in [3.05, 3.63) is 22.4 Å². The minimum atomic E-state index is -4.24. The Bertz CT molecular complexity index is 260. The maximum atomic E-state index is 12.0. The first-order valence-electron chi connectivity index (χ1n) is 3.81. The molecule has 1 unspecified atom stereocenters. The number of rotatable bonds is 4. The van der Waals surface area contributed by atoms with Gasteiger partial charge in [-0.05, 0) is 11.4 Å². The third kappa shape index (κ3) is 3.98. The smallest absolute Gasteiger partial charge is 0.374 e. The molecule has 0 aliphatic carbocycles. The molecule has 1 rings (SSSR count). The van der Waals surface area contributed by atoms with E-state index in [4.69, 9.17) is 4.74 Å². The molecule has 0 saturated carbocycles. The quantitative estimate of drug-likeness (QED) is 0.770. The Kier molecular flexibility index (Phi) is 4.40. The van der Waals surface area contributed by atoms with Crippen LogP contribution in [0.2, 0.25) is 0 Å². The molecule has 0 aliphatic heterocycles. The van der Waals surface area contributed by atoms with Crippen LogP contribution in [0, 0.1) is 0 Å². The molecule has 0 saturated heterocycles. The van der Waals surface area contributed by atoms with E-state index in [-0.39, 0.29) is 13.2 Å². The number of hydrogen-bond acceptors (Lipinski definition) is 2. The Balaban J connectivity index is 2.22. The highest BCUT2D eigenvalue weighted by atomic mass is 79.9. The molecule has 0 bridgehead atoms. The zero-order valence-corrected chi connectivity index (χ0v) is 9.45. The van der Waals surface area contributed by atoms with Gasteiger partial charge in [-0.25, -0.2) is 0 Å². The van der Waals surface area contributed by atoms with Crippen molar-refractivity contribution >= 4 is 27.3 Å². The fraction of sp³-hybridized carbons (Fsp3) is 0.500. The second kappa shape index (κ2) is 5.14. The fourth-order valence-corrected chi connectivity index (χ4v) is 1.58. The first kappa shape index (κ1) is 12.0. The zero-order valence-electron chi connectivity index (χ0n) is 7.05. The van der Waals surface area contributed by atoms with E-state index in [9.17, 15) is 13.2 Å². The van der Waals surface area contributed by atoms with Crippen LogP contribution < -0.4 is 0 Å². The second-order valence-corrected chi connectivity index (χ2v) is 4.74. The Morgan fingerprint density at radius 3 is 2.71 bits per heavy atom. The summed E-state index contributed by atoms with van der Waals surface area (Å²) in [6.45, 7) is -0.128. The average molecular weight is 289 g/mol. The maximum Gasteiger partial charge on any atom is 0.403 e. The predicted molar refractivity (Wildman–Crippen MR) is 52.7 cm³/mol. The molecular weight excluding hydrogens is 281 g/mol. The molecule has 80 valence electrons. The topological polar surface area (TPSA) is 9.23 Å². The highest BCUT2D eigenvalue weighted by Crippen LogP contribution is 2.26. The molecule has 1 nitrogen and oxygen atoms in total. The lowest BCUT2D eigenvalue weighted by molar-refractivity contribution is -0.138. The van der Waals surface area contributed by atoms with Crippen molar-refractivity contribution < 1.29 is 17.9 Å². The summed E-state index contributed by atoms with van der Waals surface area (Å²) in [6, 6.07) is 3.65. The van der Waals surface area contributed by atoms with Crippen LogP contribution in [0.3, 0.4) is 0 Å². The minimum Gasteiger partial charge on any atom is -0.374 e. The summed E-state index contributed by atoms with van der Waals surface area (Å²) in [6.07, 6.45) is -4.24. The van der Waals surface area contributed by atoms with Crippen molar-refractivity contribution in [2.24, 2.45) is 0 Å². The van der Waals surface area contributed by atoms with Crippen LogP contribution >= 0.6 is 27.3 Å². The van der Waals surface area contributed by atoms with Gasteiger partial charge in [0.05, 0.1) is 13.2 Å². The molecule has 14 heavy (non-hydrogen) atoms. The normalized spacial score (nSPS) is 14.3. The van der Waals surface area contributed by atoms with Gasteiger partial charge in [-0.2, -0.15) is 13.2 Å². The maximum absolute atomic E-state index is 12.0. The van der Waals surface area contributed by atoms with E-state index < -0.39 is 11.0 Å². The summed E-state index contributed by atoms with van der Waals surface area (Å²) >= 11 is 3.98. The van der Waals surface area contributed by atoms with E-state index in [2.05, 4.69) is 15.9 Å². The van der Waals surface area contributed by atoms with Gasteiger partial charge in [-0.3, -0.25) is 0 Å². The number of halogens is 4. The molecular formula is C8H8BrF3OS. The van der Waals surface area contributed by atoms with Gasteiger partial charge in [0.25, 0.3) is 0 Å². The Labute approximate surface area is 92.0 Å². The first-order valence-corrected chi connectivity index (χ1v) is 5.60. The fourth-order valence-electron chi connectivity index (χ4n) is 0.752. The van der Waals surface area contributed by atoms with Gasteiger partial charge >= 0.3 is 6.18 Å². The molecule has 6 heteroatoms. The average Bonchev–Trinajstić information content (AvgIpc) is 2.55. The third-order valence-electron chi connectivity index (χ3n) is 1.44. The lowest BCUT2D eigenvalue weighted by atomic mass is 10.4. The van der Waals surface area contributed by atoms with Crippen LogP contribution in [0.15, 0.2) is 17.5 Å². The highest BCUT2D eigenvalue weighted by molar-refractivity contribution is 9.09. The molecule has 1 atom stereocenters. The van der Waals surface area contributed by atoms with Crippen LogP contribution in [-0.4, -0.2) is 17.6 Å². The molecule has 0 N–H and O–H groups in total. The van der Waals surface area contributed by atoms with Gasteiger partial charge in [0.15, 0.2) is 0 Å². The lowest BCUT2D eigenvalue weighted by Crippen LogP contribution is -2.27. The zero-order chi connectivity index (χ0) is 10.6.